The lowest BCUT2D eigenvalue weighted by Crippen LogP contribution is -2.42. The molecule has 0 radical (unpaired) electrons. The van der Waals surface area contributed by atoms with Gasteiger partial charge in [0.15, 0.2) is 0 Å². The van der Waals surface area contributed by atoms with Gasteiger partial charge < -0.3 is 10.2 Å². The first kappa shape index (κ1) is 16.6. The number of aliphatic hydroxyl groups excluding tert-OH is 2. The number of hydrogen-bond acceptors (Lipinski definition) is 5. The maximum absolute atomic E-state index is 12.0. The van der Waals surface area contributed by atoms with Gasteiger partial charge in [0, 0.05) is 6.04 Å². The van der Waals surface area contributed by atoms with Crippen molar-refractivity contribution in [1.82, 2.24) is 4.72 Å². The third-order valence-corrected chi connectivity index (χ3v) is 5.73. The Morgan fingerprint density at radius 3 is 2.47 bits per heavy atom. The van der Waals surface area contributed by atoms with Crippen LogP contribution < -0.4 is 4.72 Å². The number of aliphatic hydroxyl groups is 2. The summed E-state index contributed by atoms with van der Waals surface area (Å²) in [6, 6.07) is 2.46. The summed E-state index contributed by atoms with van der Waals surface area (Å²) in [4.78, 5) is 0. The van der Waals surface area contributed by atoms with Crippen molar-refractivity contribution in [2.24, 2.45) is 5.41 Å². The van der Waals surface area contributed by atoms with Crippen LogP contribution in [0.5, 0.6) is 0 Å². The molecule has 1 rings (SSSR count). The summed E-state index contributed by atoms with van der Waals surface area (Å²) in [7, 11) is -3.62. The van der Waals surface area contributed by atoms with E-state index < -0.39 is 22.2 Å². The normalized spacial score (nSPS) is 16.3. The van der Waals surface area contributed by atoms with E-state index in [0.717, 1.165) is 11.3 Å². The van der Waals surface area contributed by atoms with Gasteiger partial charge in [0.25, 0.3) is 0 Å². The van der Waals surface area contributed by atoms with Gasteiger partial charge in [0.2, 0.25) is 10.0 Å². The predicted molar refractivity (Wildman–Crippen MR) is 75.6 cm³/mol. The Bertz CT molecular complexity index is 476. The fourth-order valence-electron chi connectivity index (χ4n) is 1.48. The van der Waals surface area contributed by atoms with Gasteiger partial charge in [0.05, 0.1) is 12.7 Å². The lowest BCUT2D eigenvalue weighted by Gasteiger charge is -2.29. The van der Waals surface area contributed by atoms with Crippen molar-refractivity contribution in [3.8, 4) is 0 Å². The maximum atomic E-state index is 12.0. The largest absolute Gasteiger partial charge is 0.395 e. The molecule has 19 heavy (non-hydrogen) atoms. The van der Waals surface area contributed by atoms with E-state index in [4.69, 9.17) is 0 Å². The summed E-state index contributed by atoms with van der Waals surface area (Å²) in [6.07, 6.45) is -0.527. The number of sulfonamides is 1. The minimum atomic E-state index is -3.62. The number of nitrogens with one attached hydrogen (secondary N) is 1. The highest BCUT2D eigenvalue weighted by atomic mass is 32.2. The highest BCUT2D eigenvalue weighted by molar-refractivity contribution is 7.91. The molecule has 0 bridgehead atoms. The molecule has 0 aromatic carbocycles. The summed E-state index contributed by atoms with van der Waals surface area (Å²) in [5.41, 5.74) is -0.359. The van der Waals surface area contributed by atoms with E-state index in [-0.39, 0.29) is 22.7 Å². The molecule has 1 aromatic heterocycles. The van der Waals surface area contributed by atoms with E-state index in [0.29, 0.717) is 0 Å². The van der Waals surface area contributed by atoms with E-state index in [9.17, 15) is 18.6 Å². The molecular formula is C12H21NO4S2. The Labute approximate surface area is 118 Å². The van der Waals surface area contributed by atoms with Crippen LogP contribution in [0.4, 0.5) is 0 Å². The second-order valence-corrected chi connectivity index (χ2v) is 8.44. The summed E-state index contributed by atoms with van der Waals surface area (Å²) >= 11 is 1.11. The number of rotatable bonds is 6. The molecule has 3 N–H and O–H groups in total. The Morgan fingerprint density at radius 1 is 1.42 bits per heavy atom. The molecule has 5 nitrogen and oxygen atoms in total. The van der Waals surface area contributed by atoms with Crippen LogP contribution in [0.25, 0.3) is 0 Å². The second kappa shape index (κ2) is 6.32. The maximum Gasteiger partial charge on any atom is 0.250 e. The van der Waals surface area contributed by atoms with Crippen LogP contribution >= 0.6 is 11.3 Å². The molecule has 2 atom stereocenters. The molecule has 7 heteroatoms. The van der Waals surface area contributed by atoms with Gasteiger partial charge in [-0.15, -0.1) is 11.3 Å². The molecule has 110 valence electrons. The first-order valence-electron chi connectivity index (χ1n) is 6.01. The van der Waals surface area contributed by atoms with E-state index in [1.165, 1.54) is 6.07 Å². The zero-order chi connectivity index (χ0) is 14.7. The standard InChI is InChI=1S/C12H21NO4S2/c1-12(2,3)10(15)7-9(8-14)13-19(16,17)11-5-4-6-18-11/h4-6,9-10,13-15H,7-8H2,1-3H3/t9-,10-/m1/s1. The van der Waals surface area contributed by atoms with E-state index in [1.807, 2.05) is 20.8 Å². The Morgan fingerprint density at radius 2 is 2.05 bits per heavy atom. The van der Waals surface area contributed by atoms with Crippen LogP contribution in [0.2, 0.25) is 0 Å². The highest BCUT2D eigenvalue weighted by Crippen LogP contribution is 2.23. The van der Waals surface area contributed by atoms with Crippen LogP contribution in [-0.4, -0.2) is 37.4 Å². The number of hydrogen-bond donors (Lipinski definition) is 3. The first-order chi connectivity index (χ1) is 8.66. The van der Waals surface area contributed by atoms with Crippen LogP contribution in [0.15, 0.2) is 21.7 Å². The van der Waals surface area contributed by atoms with Crippen molar-refractivity contribution < 1.29 is 18.6 Å². The van der Waals surface area contributed by atoms with Crippen molar-refractivity contribution >= 4 is 21.4 Å². The molecule has 0 saturated heterocycles. The monoisotopic (exact) mass is 307 g/mol. The molecule has 0 unspecified atom stereocenters. The molecule has 1 aromatic rings. The third-order valence-electron chi connectivity index (χ3n) is 2.81. The fourth-order valence-corrected chi connectivity index (χ4v) is 3.73. The van der Waals surface area contributed by atoms with Crippen molar-refractivity contribution in [2.75, 3.05) is 6.61 Å². The Kier molecular flexibility index (Phi) is 5.52. The first-order valence-corrected chi connectivity index (χ1v) is 8.38. The Hall–Kier alpha value is -0.470. The quantitative estimate of drug-likeness (QED) is 0.736. The Balaban J connectivity index is 2.73. The van der Waals surface area contributed by atoms with Crippen molar-refractivity contribution in [3.05, 3.63) is 17.5 Å². The fraction of sp³-hybridized carbons (Fsp3) is 0.667. The smallest absolute Gasteiger partial charge is 0.250 e. The average molecular weight is 307 g/mol. The lowest BCUT2D eigenvalue weighted by molar-refractivity contribution is 0.0420. The molecule has 0 aliphatic heterocycles. The number of thiophene rings is 1. The molecule has 0 spiro atoms. The molecular weight excluding hydrogens is 286 g/mol. The molecule has 0 aliphatic rings. The summed E-state index contributed by atoms with van der Waals surface area (Å²) in [6.45, 7) is 5.23. The highest BCUT2D eigenvalue weighted by Gasteiger charge is 2.28. The zero-order valence-electron chi connectivity index (χ0n) is 11.3. The predicted octanol–water partition coefficient (Wildman–Crippen LogP) is 1.18. The van der Waals surface area contributed by atoms with Gasteiger partial charge in [-0.2, -0.15) is 0 Å². The van der Waals surface area contributed by atoms with Crippen LogP contribution in [0.1, 0.15) is 27.2 Å². The van der Waals surface area contributed by atoms with E-state index >= 15 is 0 Å². The van der Waals surface area contributed by atoms with E-state index in [2.05, 4.69) is 4.72 Å². The van der Waals surface area contributed by atoms with Crippen molar-refractivity contribution in [2.45, 2.75) is 43.5 Å². The average Bonchev–Trinajstić information content (AvgIpc) is 2.80. The molecule has 0 aliphatic carbocycles. The van der Waals surface area contributed by atoms with Crippen molar-refractivity contribution in [1.29, 1.82) is 0 Å². The summed E-state index contributed by atoms with van der Waals surface area (Å²) in [5, 5.41) is 20.9. The van der Waals surface area contributed by atoms with Gasteiger partial charge in [-0.05, 0) is 23.3 Å². The minimum absolute atomic E-state index is 0.171. The molecule has 0 amide bonds. The van der Waals surface area contributed by atoms with Crippen molar-refractivity contribution in [3.63, 3.8) is 0 Å². The third kappa shape index (κ3) is 4.85. The van der Waals surface area contributed by atoms with Crippen LogP contribution in [0.3, 0.4) is 0 Å². The van der Waals surface area contributed by atoms with Crippen LogP contribution in [0, 0.1) is 5.41 Å². The molecule has 1 heterocycles. The van der Waals surface area contributed by atoms with Gasteiger partial charge in [-0.3, -0.25) is 0 Å². The lowest BCUT2D eigenvalue weighted by atomic mass is 9.86. The summed E-state index contributed by atoms with van der Waals surface area (Å²) in [5.74, 6) is 0. The summed E-state index contributed by atoms with van der Waals surface area (Å²) < 4.78 is 26.6. The van der Waals surface area contributed by atoms with E-state index in [1.54, 1.807) is 11.4 Å². The SMILES string of the molecule is CC(C)(C)[C@H](O)C[C@H](CO)NS(=O)(=O)c1cccs1. The molecule has 0 fully saturated rings. The topological polar surface area (TPSA) is 86.6 Å². The van der Waals surface area contributed by atoms with Gasteiger partial charge in [0.1, 0.15) is 4.21 Å². The molecule has 0 saturated carbocycles. The van der Waals surface area contributed by atoms with Crippen LogP contribution in [-0.2, 0) is 10.0 Å². The minimum Gasteiger partial charge on any atom is -0.395 e. The van der Waals surface area contributed by atoms with Gasteiger partial charge >= 0.3 is 0 Å². The second-order valence-electron chi connectivity index (χ2n) is 5.55. The van der Waals surface area contributed by atoms with Gasteiger partial charge in [-0.1, -0.05) is 26.8 Å². The van der Waals surface area contributed by atoms with Gasteiger partial charge in [-0.25, -0.2) is 13.1 Å². The zero-order valence-corrected chi connectivity index (χ0v) is 13.0.